The zero-order valence-electron chi connectivity index (χ0n) is 9.83. The largest absolute Gasteiger partial charge is 0.362 e. The van der Waals surface area contributed by atoms with E-state index < -0.39 is 0 Å². The molecule has 0 unspecified atom stereocenters. The van der Waals surface area contributed by atoms with Crippen molar-refractivity contribution in [3.63, 3.8) is 0 Å². The first kappa shape index (κ1) is 10.4. The lowest BCUT2D eigenvalue weighted by atomic mass is 10.1. The van der Waals surface area contributed by atoms with Crippen molar-refractivity contribution >= 4 is 16.6 Å². The van der Waals surface area contributed by atoms with Gasteiger partial charge in [-0.3, -0.25) is 0 Å². The highest BCUT2D eigenvalue weighted by molar-refractivity contribution is 5.87. The normalized spacial score (nSPS) is 22.6. The molecule has 0 bridgehead atoms. The van der Waals surface area contributed by atoms with Crippen molar-refractivity contribution < 1.29 is 0 Å². The average Bonchev–Trinajstić information content (AvgIpc) is 2.99. The smallest absolute Gasteiger partial charge is 0.189 e. The van der Waals surface area contributed by atoms with E-state index in [0.29, 0.717) is 11.6 Å². The van der Waals surface area contributed by atoms with Gasteiger partial charge in [0.05, 0.1) is 6.57 Å². The molecule has 1 saturated carbocycles. The highest BCUT2D eigenvalue weighted by Gasteiger charge is 2.38. The van der Waals surface area contributed by atoms with Crippen LogP contribution in [0.1, 0.15) is 17.9 Å². The van der Waals surface area contributed by atoms with E-state index >= 15 is 0 Å². The number of hydrogen-bond acceptors (Lipinski definition) is 1. The van der Waals surface area contributed by atoms with Crippen LogP contribution in [0.3, 0.4) is 0 Å². The zero-order chi connectivity index (χ0) is 11.8. The fourth-order valence-corrected chi connectivity index (χ4v) is 2.63. The minimum absolute atomic E-state index is 0.690. The van der Waals surface area contributed by atoms with Crippen molar-refractivity contribution in [3.05, 3.63) is 41.4 Å². The molecule has 0 amide bonds. The number of aromatic amines is 1. The SMILES string of the molecule is [C-]#[N+]c1ccc2c([C@H]3C[C@@H]3CNC)c[nH]c2c1. The van der Waals surface area contributed by atoms with Crippen LogP contribution in [0.2, 0.25) is 0 Å². The van der Waals surface area contributed by atoms with Gasteiger partial charge in [-0.25, -0.2) is 4.85 Å². The highest BCUT2D eigenvalue weighted by Crippen LogP contribution is 2.49. The molecule has 2 atom stereocenters. The molecule has 0 radical (unpaired) electrons. The van der Waals surface area contributed by atoms with Crippen molar-refractivity contribution in [2.24, 2.45) is 5.92 Å². The lowest BCUT2D eigenvalue weighted by Gasteiger charge is -1.99. The van der Waals surface area contributed by atoms with Crippen molar-refractivity contribution in [2.75, 3.05) is 13.6 Å². The summed E-state index contributed by atoms with van der Waals surface area (Å²) in [4.78, 5) is 6.74. The first-order chi connectivity index (χ1) is 8.33. The number of nitrogens with one attached hydrogen (secondary N) is 2. The molecule has 2 N–H and O–H groups in total. The molecule has 0 aliphatic heterocycles. The summed E-state index contributed by atoms with van der Waals surface area (Å²) in [5.41, 5.74) is 3.20. The van der Waals surface area contributed by atoms with Crippen molar-refractivity contribution in [1.82, 2.24) is 10.3 Å². The summed E-state index contributed by atoms with van der Waals surface area (Å²) in [6.07, 6.45) is 3.39. The molecule has 1 fully saturated rings. The Morgan fingerprint density at radius 1 is 1.53 bits per heavy atom. The number of nitrogens with zero attached hydrogens (tertiary/aromatic N) is 1. The number of H-pyrrole nitrogens is 1. The molecule has 1 aliphatic rings. The summed E-state index contributed by atoms with van der Waals surface area (Å²) in [6.45, 7) is 8.11. The molecule has 17 heavy (non-hydrogen) atoms. The maximum absolute atomic E-state index is 7.01. The Hall–Kier alpha value is -1.79. The lowest BCUT2D eigenvalue weighted by molar-refractivity contribution is 0.699. The molecule has 2 aromatic rings. The van der Waals surface area contributed by atoms with Gasteiger partial charge in [-0.05, 0) is 43.5 Å². The van der Waals surface area contributed by atoms with Gasteiger partial charge in [0.2, 0.25) is 0 Å². The maximum Gasteiger partial charge on any atom is 0.189 e. The lowest BCUT2D eigenvalue weighted by Crippen LogP contribution is -2.10. The first-order valence-corrected chi connectivity index (χ1v) is 5.96. The van der Waals surface area contributed by atoms with Crippen LogP contribution in [0.4, 0.5) is 5.69 Å². The Balaban J connectivity index is 1.95. The molecule has 0 spiro atoms. The predicted octanol–water partition coefficient (Wildman–Crippen LogP) is 3.04. The van der Waals surface area contributed by atoms with Gasteiger partial charge in [0, 0.05) is 17.1 Å². The zero-order valence-corrected chi connectivity index (χ0v) is 9.83. The summed E-state index contributed by atoms with van der Waals surface area (Å²) in [5, 5.41) is 4.52. The average molecular weight is 225 g/mol. The van der Waals surface area contributed by atoms with Crippen molar-refractivity contribution in [3.8, 4) is 0 Å². The highest BCUT2D eigenvalue weighted by atomic mass is 14.8. The second kappa shape index (κ2) is 3.90. The van der Waals surface area contributed by atoms with E-state index in [2.05, 4.69) is 27.4 Å². The Labute approximate surface area is 101 Å². The van der Waals surface area contributed by atoms with E-state index in [9.17, 15) is 0 Å². The van der Waals surface area contributed by atoms with E-state index in [1.54, 1.807) is 0 Å². The standard InChI is InChI=1S/C14H15N3/c1-15-7-9-5-12(9)13-8-17-14-6-10(16-2)3-4-11(13)14/h3-4,6,8-9,12,15,17H,5,7H2,1H3/t9-,12+/m1/s1. The molecule has 1 heterocycles. The van der Waals surface area contributed by atoms with Gasteiger partial charge in [-0.2, -0.15) is 0 Å². The van der Waals surface area contributed by atoms with Gasteiger partial charge in [0.15, 0.2) is 5.69 Å². The van der Waals surface area contributed by atoms with Crippen molar-refractivity contribution in [1.29, 1.82) is 0 Å². The minimum atomic E-state index is 0.690. The molecule has 1 aliphatic carbocycles. The van der Waals surface area contributed by atoms with E-state index in [4.69, 9.17) is 6.57 Å². The summed E-state index contributed by atoms with van der Waals surface area (Å²) < 4.78 is 0. The van der Waals surface area contributed by atoms with Gasteiger partial charge in [-0.15, -0.1) is 0 Å². The number of hydrogen-bond donors (Lipinski definition) is 2. The maximum atomic E-state index is 7.01. The molecule has 0 saturated heterocycles. The minimum Gasteiger partial charge on any atom is -0.362 e. The second-order valence-corrected chi connectivity index (χ2v) is 4.75. The van der Waals surface area contributed by atoms with E-state index in [1.807, 2.05) is 19.2 Å². The molecule has 1 aromatic heterocycles. The molecule has 3 heteroatoms. The van der Waals surface area contributed by atoms with Crippen LogP contribution >= 0.6 is 0 Å². The summed E-state index contributed by atoms with van der Waals surface area (Å²) in [7, 11) is 2.01. The molecular weight excluding hydrogens is 210 g/mol. The van der Waals surface area contributed by atoms with Gasteiger partial charge < -0.3 is 10.3 Å². The number of rotatable bonds is 3. The summed E-state index contributed by atoms with van der Waals surface area (Å²) in [5.74, 6) is 1.47. The van der Waals surface area contributed by atoms with Crippen LogP contribution in [0, 0.1) is 12.5 Å². The Kier molecular flexibility index (Phi) is 2.38. The van der Waals surface area contributed by atoms with E-state index in [1.165, 1.54) is 17.4 Å². The molecule has 3 nitrogen and oxygen atoms in total. The number of fused-ring (bicyclic) bond motifs is 1. The fourth-order valence-electron chi connectivity index (χ4n) is 2.63. The molecular formula is C14H15N3. The van der Waals surface area contributed by atoms with Crippen LogP contribution in [-0.4, -0.2) is 18.6 Å². The van der Waals surface area contributed by atoms with Gasteiger partial charge >= 0.3 is 0 Å². The van der Waals surface area contributed by atoms with Gasteiger partial charge in [-0.1, -0.05) is 12.1 Å². The van der Waals surface area contributed by atoms with Gasteiger partial charge in [0.1, 0.15) is 0 Å². The Morgan fingerprint density at radius 3 is 3.18 bits per heavy atom. The van der Waals surface area contributed by atoms with Crippen LogP contribution in [0.15, 0.2) is 24.4 Å². The van der Waals surface area contributed by atoms with Gasteiger partial charge in [0.25, 0.3) is 0 Å². The summed E-state index contributed by atoms with van der Waals surface area (Å²) in [6, 6.07) is 5.91. The van der Waals surface area contributed by atoms with Crippen LogP contribution in [0.5, 0.6) is 0 Å². The van der Waals surface area contributed by atoms with Crippen LogP contribution in [-0.2, 0) is 0 Å². The molecule has 86 valence electrons. The van der Waals surface area contributed by atoms with E-state index in [-0.39, 0.29) is 0 Å². The number of aromatic nitrogens is 1. The van der Waals surface area contributed by atoms with Crippen LogP contribution < -0.4 is 5.32 Å². The Morgan fingerprint density at radius 2 is 2.41 bits per heavy atom. The number of benzene rings is 1. The second-order valence-electron chi connectivity index (χ2n) is 4.75. The first-order valence-electron chi connectivity index (χ1n) is 5.96. The monoisotopic (exact) mass is 225 g/mol. The predicted molar refractivity (Wildman–Crippen MR) is 69.3 cm³/mol. The molecule has 3 rings (SSSR count). The van der Waals surface area contributed by atoms with E-state index in [0.717, 1.165) is 18.0 Å². The third kappa shape index (κ3) is 1.71. The Bertz CT molecular complexity index is 591. The van der Waals surface area contributed by atoms with Crippen molar-refractivity contribution in [2.45, 2.75) is 12.3 Å². The third-order valence-corrected chi connectivity index (χ3v) is 3.61. The van der Waals surface area contributed by atoms with Crippen LogP contribution in [0.25, 0.3) is 15.7 Å². The quantitative estimate of drug-likeness (QED) is 0.773. The third-order valence-electron chi connectivity index (χ3n) is 3.61. The molecule has 1 aromatic carbocycles. The topological polar surface area (TPSA) is 32.2 Å². The fraction of sp³-hybridized carbons (Fsp3) is 0.357. The summed E-state index contributed by atoms with van der Waals surface area (Å²) >= 11 is 0.